The topological polar surface area (TPSA) is 118 Å². The van der Waals surface area contributed by atoms with Crippen LogP contribution in [0.2, 0.25) is 5.02 Å². The van der Waals surface area contributed by atoms with Crippen molar-refractivity contribution in [2.75, 3.05) is 6.54 Å². The molecule has 0 bridgehead atoms. The van der Waals surface area contributed by atoms with E-state index in [1.807, 2.05) is 0 Å². The fraction of sp³-hybridized carbons (Fsp3) is 0.176. The number of hydrazine groups is 1. The number of furan rings is 1. The summed E-state index contributed by atoms with van der Waals surface area (Å²) >= 11 is 5.93. The SMILES string of the molecule is C=CCNS(=O)(=O)c1cc(C(=O)NNC(=O)c2cc(C)oc2C)ccc1Cl. The van der Waals surface area contributed by atoms with Gasteiger partial charge in [-0.15, -0.1) is 6.58 Å². The summed E-state index contributed by atoms with van der Waals surface area (Å²) in [6.45, 7) is 6.75. The highest BCUT2D eigenvalue weighted by Crippen LogP contribution is 2.22. The smallest absolute Gasteiger partial charge is 0.273 e. The largest absolute Gasteiger partial charge is 0.466 e. The van der Waals surface area contributed by atoms with Crippen molar-refractivity contribution in [1.82, 2.24) is 15.6 Å². The number of nitrogens with one attached hydrogen (secondary N) is 3. The van der Waals surface area contributed by atoms with Crippen molar-refractivity contribution in [3.63, 3.8) is 0 Å². The Balaban J connectivity index is 2.15. The van der Waals surface area contributed by atoms with E-state index in [1.165, 1.54) is 24.3 Å². The number of amides is 2. The predicted molar refractivity (Wildman–Crippen MR) is 100.0 cm³/mol. The highest BCUT2D eigenvalue weighted by Gasteiger charge is 2.20. The molecule has 0 atom stereocenters. The van der Waals surface area contributed by atoms with E-state index >= 15 is 0 Å². The summed E-state index contributed by atoms with van der Waals surface area (Å²) in [5.74, 6) is -0.304. The number of aryl methyl sites for hydroxylation is 2. The molecule has 10 heteroatoms. The van der Waals surface area contributed by atoms with Crippen molar-refractivity contribution in [1.29, 1.82) is 0 Å². The Morgan fingerprint density at radius 3 is 2.44 bits per heavy atom. The summed E-state index contributed by atoms with van der Waals surface area (Å²) in [4.78, 5) is 24.1. The van der Waals surface area contributed by atoms with Crippen LogP contribution in [0, 0.1) is 13.8 Å². The first-order valence-electron chi connectivity index (χ1n) is 7.73. The molecule has 3 N–H and O–H groups in total. The summed E-state index contributed by atoms with van der Waals surface area (Å²) in [6, 6.07) is 5.27. The minimum absolute atomic E-state index is 0.00114. The first-order chi connectivity index (χ1) is 12.7. The lowest BCUT2D eigenvalue weighted by Crippen LogP contribution is -2.41. The molecule has 0 aliphatic heterocycles. The van der Waals surface area contributed by atoms with E-state index in [2.05, 4.69) is 22.2 Å². The molecule has 27 heavy (non-hydrogen) atoms. The normalized spacial score (nSPS) is 11.1. The molecule has 0 spiro atoms. The number of sulfonamides is 1. The van der Waals surface area contributed by atoms with Crippen LogP contribution in [-0.2, 0) is 10.0 Å². The van der Waals surface area contributed by atoms with Crippen LogP contribution in [-0.4, -0.2) is 26.8 Å². The molecule has 0 aliphatic rings. The zero-order valence-electron chi connectivity index (χ0n) is 14.6. The van der Waals surface area contributed by atoms with Crippen LogP contribution in [0.5, 0.6) is 0 Å². The Labute approximate surface area is 161 Å². The maximum absolute atomic E-state index is 12.3. The minimum Gasteiger partial charge on any atom is -0.466 e. The van der Waals surface area contributed by atoms with E-state index in [4.69, 9.17) is 16.0 Å². The van der Waals surface area contributed by atoms with Gasteiger partial charge >= 0.3 is 0 Å². The molecule has 144 valence electrons. The first-order valence-corrected chi connectivity index (χ1v) is 9.59. The van der Waals surface area contributed by atoms with Crippen LogP contribution in [0.4, 0.5) is 0 Å². The van der Waals surface area contributed by atoms with Crippen LogP contribution in [0.25, 0.3) is 0 Å². The molecule has 0 saturated carbocycles. The molecule has 8 nitrogen and oxygen atoms in total. The maximum atomic E-state index is 12.3. The quantitative estimate of drug-likeness (QED) is 0.497. The number of carbonyl (C=O) groups excluding carboxylic acids is 2. The van der Waals surface area contributed by atoms with Gasteiger partial charge in [-0.05, 0) is 38.1 Å². The third-order valence-corrected chi connectivity index (χ3v) is 5.38. The second-order valence-electron chi connectivity index (χ2n) is 5.52. The van der Waals surface area contributed by atoms with Crippen molar-refractivity contribution >= 4 is 33.4 Å². The molecule has 0 radical (unpaired) electrons. The lowest BCUT2D eigenvalue weighted by molar-refractivity contribution is 0.0845. The molecule has 2 amide bonds. The second kappa shape index (κ2) is 8.38. The number of carbonyl (C=O) groups is 2. The molecule has 0 aliphatic carbocycles. The van der Waals surface area contributed by atoms with E-state index < -0.39 is 21.8 Å². The number of hydrogen-bond donors (Lipinski definition) is 3. The van der Waals surface area contributed by atoms with E-state index in [0.29, 0.717) is 11.5 Å². The molecule has 2 aromatic rings. The lowest BCUT2D eigenvalue weighted by Gasteiger charge is -2.10. The van der Waals surface area contributed by atoms with Gasteiger partial charge in [-0.2, -0.15) is 0 Å². The maximum Gasteiger partial charge on any atom is 0.273 e. The van der Waals surface area contributed by atoms with Crippen molar-refractivity contribution in [2.45, 2.75) is 18.7 Å². The van der Waals surface area contributed by atoms with E-state index in [9.17, 15) is 18.0 Å². The third kappa shape index (κ3) is 4.97. The molecule has 2 rings (SSSR count). The fourth-order valence-electron chi connectivity index (χ4n) is 2.21. The van der Waals surface area contributed by atoms with Gasteiger partial charge in [0, 0.05) is 12.1 Å². The Bertz CT molecular complexity index is 998. The van der Waals surface area contributed by atoms with Crippen molar-refractivity contribution in [3.8, 4) is 0 Å². The second-order valence-corrected chi connectivity index (χ2v) is 7.66. The van der Waals surface area contributed by atoms with E-state index in [0.717, 1.165) is 6.07 Å². The Morgan fingerprint density at radius 2 is 1.85 bits per heavy atom. The number of halogens is 1. The van der Waals surface area contributed by atoms with Gasteiger partial charge in [0.2, 0.25) is 10.0 Å². The molecule has 1 heterocycles. The predicted octanol–water partition coefficient (Wildman–Crippen LogP) is 2.09. The highest BCUT2D eigenvalue weighted by molar-refractivity contribution is 7.89. The lowest BCUT2D eigenvalue weighted by atomic mass is 10.2. The van der Waals surface area contributed by atoms with Gasteiger partial charge in [-0.1, -0.05) is 17.7 Å². The van der Waals surface area contributed by atoms with Crippen LogP contribution < -0.4 is 15.6 Å². The molecule has 0 unspecified atom stereocenters. The standard InChI is InChI=1S/C17H18ClN3O5S/c1-4-7-19-27(24,25)15-9-12(5-6-14(15)18)16(22)20-21-17(23)13-8-10(2)26-11(13)3/h4-6,8-9,19H,1,7H2,2-3H3,(H,20,22)(H,21,23). The molecule has 1 aromatic carbocycles. The van der Waals surface area contributed by atoms with Gasteiger partial charge in [0.25, 0.3) is 11.8 Å². The van der Waals surface area contributed by atoms with Gasteiger partial charge in [-0.3, -0.25) is 20.4 Å². The highest BCUT2D eigenvalue weighted by atomic mass is 35.5. The summed E-state index contributed by atoms with van der Waals surface area (Å²) in [5, 5.41) is -0.0448. The van der Waals surface area contributed by atoms with E-state index in [-0.39, 0.29) is 27.6 Å². The summed E-state index contributed by atoms with van der Waals surface area (Å²) in [7, 11) is -3.92. The summed E-state index contributed by atoms with van der Waals surface area (Å²) in [5.41, 5.74) is 4.75. The number of benzene rings is 1. The van der Waals surface area contributed by atoms with Crippen LogP contribution in [0.3, 0.4) is 0 Å². The Morgan fingerprint density at radius 1 is 1.19 bits per heavy atom. The number of hydrogen-bond acceptors (Lipinski definition) is 5. The van der Waals surface area contributed by atoms with Crippen molar-refractivity contribution in [3.05, 3.63) is 64.6 Å². The van der Waals surface area contributed by atoms with Gasteiger partial charge in [0.15, 0.2) is 0 Å². The van der Waals surface area contributed by atoms with E-state index in [1.54, 1.807) is 13.8 Å². The van der Waals surface area contributed by atoms with Crippen LogP contribution in [0.1, 0.15) is 32.2 Å². The molecule has 1 aromatic heterocycles. The molecule has 0 fully saturated rings. The first kappa shape index (κ1) is 20.7. The monoisotopic (exact) mass is 411 g/mol. The van der Waals surface area contributed by atoms with Crippen molar-refractivity contribution < 1.29 is 22.4 Å². The average molecular weight is 412 g/mol. The van der Waals surface area contributed by atoms with Crippen LogP contribution in [0.15, 0.2) is 46.2 Å². The van der Waals surface area contributed by atoms with Crippen LogP contribution >= 0.6 is 11.6 Å². The fourth-order valence-corrected chi connectivity index (χ4v) is 3.73. The summed E-state index contributed by atoms with van der Waals surface area (Å²) < 4.78 is 32.0. The van der Waals surface area contributed by atoms with Crippen molar-refractivity contribution in [2.24, 2.45) is 0 Å². The van der Waals surface area contributed by atoms with Gasteiger partial charge in [0.1, 0.15) is 16.4 Å². The molecular formula is C17H18ClN3O5S. The zero-order valence-corrected chi connectivity index (χ0v) is 16.2. The van der Waals surface area contributed by atoms with Gasteiger partial charge in [-0.25, -0.2) is 13.1 Å². The Hall–Kier alpha value is -2.62. The molecular weight excluding hydrogens is 394 g/mol. The summed E-state index contributed by atoms with van der Waals surface area (Å²) in [6.07, 6.45) is 1.37. The molecule has 0 saturated heterocycles. The Kier molecular flexibility index (Phi) is 6.42. The van der Waals surface area contributed by atoms with Gasteiger partial charge < -0.3 is 4.42 Å². The third-order valence-electron chi connectivity index (χ3n) is 3.48. The number of rotatable bonds is 6. The minimum atomic E-state index is -3.92. The zero-order chi connectivity index (χ0) is 20.2. The van der Waals surface area contributed by atoms with Gasteiger partial charge in [0.05, 0.1) is 10.6 Å². The average Bonchev–Trinajstić information content (AvgIpc) is 2.96.